The van der Waals surface area contributed by atoms with Crippen LogP contribution in [0.25, 0.3) is 69.1 Å². The quantitative estimate of drug-likeness (QED) is 0.183. The number of benzene rings is 4. The highest BCUT2D eigenvalue weighted by molar-refractivity contribution is 7.25. The van der Waals surface area contributed by atoms with E-state index in [-0.39, 0.29) is 0 Å². The highest BCUT2D eigenvalue weighted by Gasteiger charge is 2.16. The minimum Gasteiger partial charge on any atom is -0.293 e. The van der Waals surface area contributed by atoms with Gasteiger partial charge in [0.25, 0.3) is 0 Å². The van der Waals surface area contributed by atoms with Gasteiger partial charge < -0.3 is 0 Å². The monoisotopic (exact) mass is 674 g/mol. The van der Waals surface area contributed by atoms with E-state index in [0.29, 0.717) is 17.6 Å². The van der Waals surface area contributed by atoms with Crippen molar-refractivity contribution >= 4 is 63.0 Å². The van der Waals surface area contributed by atoms with E-state index < -0.39 is 0 Å². The molecule has 0 aliphatic heterocycles. The lowest BCUT2D eigenvalue weighted by Gasteiger charge is -2.11. The molecule has 6 bridgehead atoms. The van der Waals surface area contributed by atoms with Crippen LogP contribution in [0.4, 0.5) is 0 Å². The fourth-order valence-electron chi connectivity index (χ4n) is 5.76. The van der Waals surface area contributed by atoms with Crippen molar-refractivity contribution in [3.63, 3.8) is 0 Å². The van der Waals surface area contributed by atoms with Gasteiger partial charge in [-0.2, -0.15) is 9.97 Å². The van der Waals surface area contributed by atoms with Crippen molar-refractivity contribution in [2.75, 3.05) is 0 Å². The molecular formula is C39H26N6S3. The molecule has 9 aromatic rings. The predicted octanol–water partition coefficient (Wildman–Crippen LogP) is 10.9. The van der Waals surface area contributed by atoms with Gasteiger partial charge in [-0.05, 0) is 60.7 Å². The third kappa shape index (κ3) is 5.24. The topological polar surface area (TPSA) is 53.5 Å². The molecule has 0 aliphatic carbocycles. The van der Waals surface area contributed by atoms with Crippen molar-refractivity contribution < 1.29 is 0 Å². The van der Waals surface area contributed by atoms with Crippen LogP contribution < -0.4 is 0 Å². The molecule has 5 aromatic heterocycles. The first-order chi connectivity index (χ1) is 23.8. The molecule has 0 radical (unpaired) electrons. The van der Waals surface area contributed by atoms with Crippen molar-refractivity contribution in [3.8, 4) is 40.1 Å². The molecule has 0 amide bonds. The number of hydrogen-bond donors (Lipinski definition) is 0. The summed E-state index contributed by atoms with van der Waals surface area (Å²) in [6, 6.07) is 54.5. The number of nitrogens with zero attached hydrogens (tertiary/aromatic N) is 6. The second-order valence-corrected chi connectivity index (χ2v) is 14.1. The largest absolute Gasteiger partial charge is 0.293 e. The van der Waals surface area contributed by atoms with Gasteiger partial charge in [-0.1, -0.05) is 131 Å². The summed E-state index contributed by atoms with van der Waals surface area (Å²) >= 11 is 5.20. The molecule has 0 fully saturated rings. The first kappa shape index (κ1) is 28.6. The maximum absolute atomic E-state index is 5.15. The van der Waals surface area contributed by atoms with Gasteiger partial charge in [0.15, 0.2) is 11.6 Å². The highest BCUT2D eigenvalue weighted by atomic mass is 32.1. The molecule has 0 aliphatic rings. The maximum Gasteiger partial charge on any atom is 0.240 e. The van der Waals surface area contributed by atoms with Gasteiger partial charge in [0.1, 0.15) is 29.0 Å². The Kier molecular flexibility index (Phi) is 7.27. The number of hydrogen-bond acceptors (Lipinski definition) is 6. The fourth-order valence-corrected chi connectivity index (χ4v) is 9.11. The van der Waals surface area contributed by atoms with E-state index in [1.807, 2.05) is 60.7 Å². The van der Waals surface area contributed by atoms with E-state index in [0.717, 1.165) is 51.5 Å². The molecule has 0 saturated heterocycles. The van der Waals surface area contributed by atoms with Crippen LogP contribution in [-0.2, 0) is 0 Å². The SMILES string of the molecule is c1ccc(-c2nc(-c3ccccc3)nc(-n3c4ccc(s4)n(-c4ccccc4)c4ccc(s4)n(-c4ccccc4)c4ccc3s4)n2)cc1. The van der Waals surface area contributed by atoms with Crippen LogP contribution in [0.5, 0.6) is 0 Å². The number of thiophene rings is 3. The summed E-state index contributed by atoms with van der Waals surface area (Å²) in [5.74, 6) is 1.82. The van der Waals surface area contributed by atoms with Crippen LogP contribution in [0.15, 0.2) is 158 Å². The normalized spacial score (nSPS) is 11.3. The summed E-state index contributed by atoms with van der Waals surface area (Å²) in [4.78, 5) is 21.7. The summed E-state index contributed by atoms with van der Waals surface area (Å²) in [5, 5.41) is 0. The number of aromatic nitrogens is 6. The summed E-state index contributed by atoms with van der Waals surface area (Å²) in [6.45, 7) is 0. The van der Waals surface area contributed by atoms with E-state index in [9.17, 15) is 0 Å². The number of fused-ring (bicyclic) bond motifs is 6. The van der Waals surface area contributed by atoms with Gasteiger partial charge >= 0.3 is 0 Å². The molecule has 48 heavy (non-hydrogen) atoms. The van der Waals surface area contributed by atoms with Crippen LogP contribution in [0.3, 0.4) is 0 Å². The van der Waals surface area contributed by atoms with E-state index in [4.69, 9.17) is 15.0 Å². The molecule has 0 N–H and O–H groups in total. The molecule has 0 unspecified atom stereocenters. The lowest BCUT2D eigenvalue weighted by atomic mass is 10.2. The van der Waals surface area contributed by atoms with Gasteiger partial charge in [-0.3, -0.25) is 13.7 Å². The van der Waals surface area contributed by atoms with Gasteiger partial charge in [0.2, 0.25) is 5.95 Å². The van der Waals surface area contributed by atoms with Crippen molar-refractivity contribution in [3.05, 3.63) is 158 Å². The average molecular weight is 675 g/mol. The van der Waals surface area contributed by atoms with E-state index >= 15 is 0 Å². The van der Waals surface area contributed by atoms with E-state index in [2.05, 4.69) is 111 Å². The molecule has 9 rings (SSSR count). The molecule has 9 heteroatoms. The Morgan fingerprint density at radius 3 is 0.979 bits per heavy atom. The Morgan fingerprint density at radius 2 is 0.625 bits per heavy atom. The van der Waals surface area contributed by atoms with Crippen molar-refractivity contribution in [2.24, 2.45) is 0 Å². The molecule has 6 nitrogen and oxygen atoms in total. The molecule has 0 saturated carbocycles. The lowest BCUT2D eigenvalue weighted by Crippen LogP contribution is -2.06. The summed E-state index contributed by atoms with van der Waals surface area (Å²) in [6.07, 6.45) is 0. The molecule has 230 valence electrons. The smallest absolute Gasteiger partial charge is 0.240 e. The third-order valence-electron chi connectivity index (χ3n) is 7.97. The van der Waals surface area contributed by atoms with Crippen LogP contribution >= 0.6 is 34.0 Å². The van der Waals surface area contributed by atoms with Crippen LogP contribution in [0.2, 0.25) is 0 Å². The molecular weight excluding hydrogens is 649 g/mol. The summed E-state index contributed by atoms with van der Waals surface area (Å²) < 4.78 is 6.84. The lowest BCUT2D eigenvalue weighted by molar-refractivity contribution is 0.956. The van der Waals surface area contributed by atoms with Gasteiger partial charge in [-0.15, -0.1) is 0 Å². The Morgan fingerprint density at radius 1 is 0.312 bits per heavy atom. The minimum atomic E-state index is 0.565. The standard InChI is InChI=1S/C39H26N6S3/c1-5-13-27(14-6-1)37-40-38(28-15-7-2-8-16-28)42-39(41-37)45-35-25-23-33(47-35)43(29-17-9-3-10-18-29)31-21-22-32(46-31)44(30-19-11-4-12-20-30)34-24-26-36(45)48-34/h1-26H. The van der Waals surface area contributed by atoms with Gasteiger partial charge in [0, 0.05) is 22.5 Å². The van der Waals surface area contributed by atoms with Crippen molar-refractivity contribution in [1.82, 2.24) is 28.7 Å². The van der Waals surface area contributed by atoms with Crippen LogP contribution in [-0.4, -0.2) is 28.7 Å². The molecule has 0 atom stereocenters. The van der Waals surface area contributed by atoms with Crippen molar-refractivity contribution in [1.29, 1.82) is 0 Å². The first-order valence-electron chi connectivity index (χ1n) is 15.5. The maximum atomic E-state index is 5.15. The minimum absolute atomic E-state index is 0.565. The number of rotatable bonds is 5. The molecule has 4 aromatic carbocycles. The summed E-state index contributed by atoms with van der Waals surface area (Å²) in [7, 11) is 0. The van der Waals surface area contributed by atoms with Gasteiger partial charge in [0.05, 0.1) is 0 Å². The molecule has 0 spiro atoms. The zero-order valence-electron chi connectivity index (χ0n) is 25.4. The van der Waals surface area contributed by atoms with Crippen molar-refractivity contribution in [2.45, 2.75) is 0 Å². The number of para-hydroxylation sites is 2. The highest BCUT2D eigenvalue weighted by Crippen LogP contribution is 2.34. The average Bonchev–Trinajstić information content (AvgIpc) is 3.94. The molecule has 5 heterocycles. The van der Waals surface area contributed by atoms with E-state index in [1.165, 1.54) is 0 Å². The zero-order chi connectivity index (χ0) is 31.9. The predicted molar refractivity (Wildman–Crippen MR) is 201 cm³/mol. The van der Waals surface area contributed by atoms with E-state index in [1.54, 1.807) is 34.0 Å². The summed E-state index contributed by atoms with van der Waals surface area (Å²) in [5.41, 5.74) is 4.07. The van der Waals surface area contributed by atoms with Crippen LogP contribution in [0.1, 0.15) is 0 Å². The Hall–Kier alpha value is -5.61. The second-order valence-electron chi connectivity index (χ2n) is 11.0. The second kappa shape index (κ2) is 12.2. The fraction of sp³-hybridized carbons (Fsp3) is 0. The zero-order valence-corrected chi connectivity index (χ0v) is 27.9. The third-order valence-corrected chi connectivity index (χ3v) is 11.1. The van der Waals surface area contributed by atoms with Crippen LogP contribution in [0, 0.1) is 0 Å². The Balaban J connectivity index is 1.42. The Labute approximate surface area is 288 Å². The Bertz CT molecular complexity index is 2430. The first-order valence-corrected chi connectivity index (χ1v) is 17.9. The van der Waals surface area contributed by atoms with Gasteiger partial charge in [-0.25, -0.2) is 4.98 Å².